The molecule has 0 N–H and O–H groups in total. The summed E-state index contributed by atoms with van der Waals surface area (Å²) < 4.78 is 9.33. The number of nitrogens with zero attached hydrogens (tertiary/aromatic N) is 3. The van der Waals surface area contributed by atoms with Crippen LogP contribution in [0.1, 0.15) is 34.6 Å². The molecule has 0 heterocycles. The first-order valence-electron chi connectivity index (χ1n) is 7.35. The Morgan fingerprint density at radius 2 is 1.05 bits per heavy atom. The van der Waals surface area contributed by atoms with Crippen LogP contribution in [0.15, 0.2) is 20.0 Å². The topological polar surface area (TPSA) is 9.72 Å². The molecule has 0 radical (unpaired) electrons. The van der Waals surface area contributed by atoms with Crippen LogP contribution < -0.4 is 0 Å². The van der Waals surface area contributed by atoms with E-state index in [2.05, 4.69) is 85.6 Å². The first kappa shape index (κ1) is 18.3. The molecular formula is C16H33HfN3. The Balaban J connectivity index is 3.69. The van der Waals surface area contributed by atoms with E-state index in [0.717, 1.165) is 0 Å². The van der Waals surface area contributed by atoms with E-state index in [4.69, 9.17) is 0 Å². The van der Waals surface area contributed by atoms with Crippen molar-refractivity contribution in [2.75, 3.05) is 42.3 Å². The van der Waals surface area contributed by atoms with E-state index in [1.807, 2.05) is 0 Å². The summed E-state index contributed by atoms with van der Waals surface area (Å²) in [6.07, 6.45) is 0. The fourth-order valence-corrected chi connectivity index (χ4v) is 23.7. The molecular weight excluding hydrogens is 413 g/mol. The summed E-state index contributed by atoms with van der Waals surface area (Å²) in [5.41, 5.74) is 4.75. The van der Waals surface area contributed by atoms with Crippen LogP contribution >= 0.6 is 0 Å². The fraction of sp³-hybridized carbons (Fsp3) is 0.750. The van der Waals surface area contributed by atoms with Crippen molar-refractivity contribution in [2.24, 2.45) is 5.41 Å². The van der Waals surface area contributed by atoms with E-state index in [-0.39, 0.29) is 5.41 Å². The van der Waals surface area contributed by atoms with Crippen molar-refractivity contribution >= 4 is 0 Å². The second kappa shape index (κ2) is 5.79. The zero-order valence-electron chi connectivity index (χ0n) is 15.3. The molecule has 0 amide bonds. The average Bonchev–Trinajstić information content (AvgIpc) is 2.43. The molecule has 0 aromatic carbocycles. The third-order valence-corrected chi connectivity index (χ3v) is 24.7. The minimum absolute atomic E-state index is 0.175. The van der Waals surface area contributed by atoms with Crippen molar-refractivity contribution < 1.29 is 20.8 Å². The van der Waals surface area contributed by atoms with Crippen molar-refractivity contribution in [1.82, 2.24) is 8.66 Å². The summed E-state index contributed by atoms with van der Waals surface area (Å²) in [6.45, 7) is 11.7. The van der Waals surface area contributed by atoms with Gasteiger partial charge in [0.25, 0.3) is 0 Å². The summed E-state index contributed by atoms with van der Waals surface area (Å²) in [5, 5.41) is 0. The maximum absolute atomic E-state index is 3.13. The first-order chi connectivity index (χ1) is 8.93. The van der Waals surface area contributed by atoms with Gasteiger partial charge in [0.2, 0.25) is 0 Å². The third kappa shape index (κ3) is 2.33. The number of hydrogen-bond acceptors (Lipinski definition) is 3. The van der Waals surface area contributed by atoms with Crippen LogP contribution in [0.25, 0.3) is 0 Å². The molecule has 0 saturated carbocycles. The molecule has 116 valence electrons. The van der Waals surface area contributed by atoms with Crippen LogP contribution in [0.3, 0.4) is 0 Å². The molecule has 3 nitrogen and oxygen atoms in total. The van der Waals surface area contributed by atoms with E-state index in [9.17, 15) is 0 Å². The number of allylic oxidation sites excluding steroid dienone is 4. The third-order valence-electron chi connectivity index (χ3n) is 5.27. The molecule has 0 unspecified atom stereocenters. The van der Waals surface area contributed by atoms with Gasteiger partial charge in [-0.25, -0.2) is 0 Å². The van der Waals surface area contributed by atoms with E-state index in [1.54, 1.807) is 8.90 Å². The van der Waals surface area contributed by atoms with Gasteiger partial charge in [0, 0.05) is 0 Å². The van der Waals surface area contributed by atoms with Gasteiger partial charge in [-0.15, -0.1) is 0 Å². The Hall–Kier alpha value is 0.230. The Morgan fingerprint density at radius 1 is 0.700 bits per heavy atom. The predicted molar refractivity (Wildman–Crippen MR) is 85.9 cm³/mol. The molecule has 1 aliphatic rings. The second-order valence-corrected chi connectivity index (χ2v) is 23.2. The molecule has 0 atom stereocenters. The standard InChI is InChI=1S/C10H15.3C2H6N.Hf/c1-7-6-10(4,5)9(3)8(7)2;3*1-3-2;/h1-5H3;3*1-2H3;/q;3*-1;+3. The van der Waals surface area contributed by atoms with E-state index < -0.39 is 20.8 Å². The second-order valence-electron chi connectivity index (χ2n) is 7.19. The summed E-state index contributed by atoms with van der Waals surface area (Å²) in [5.74, 6) is 0. The predicted octanol–water partition coefficient (Wildman–Crippen LogP) is 3.22. The summed E-state index contributed by atoms with van der Waals surface area (Å²) in [7, 11) is 13.6. The van der Waals surface area contributed by atoms with Gasteiger partial charge in [0.05, 0.1) is 0 Å². The molecule has 0 bridgehead atoms. The monoisotopic (exact) mass is 447 g/mol. The van der Waals surface area contributed by atoms with Crippen LogP contribution in [-0.2, 0) is 20.8 Å². The van der Waals surface area contributed by atoms with E-state index in [0.29, 0.717) is 0 Å². The SMILES string of the molecule is CC1=C(C)C(C)(C)[C]([Hf]([N](C)C)([N](C)C)[N](C)C)=C1C. The van der Waals surface area contributed by atoms with Gasteiger partial charge in [0.15, 0.2) is 0 Å². The average molecular weight is 446 g/mol. The van der Waals surface area contributed by atoms with E-state index in [1.165, 1.54) is 11.1 Å². The molecule has 0 aromatic heterocycles. The summed E-state index contributed by atoms with van der Waals surface area (Å²) in [6, 6.07) is 0. The zero-order valence-corrected chi connectivity index (χ0v) is 18.9. The zero-order chi connectivity index (χ0) is 16.0. The fourth-order valence-electron chi connectivity index (χ4n) is 4.14. The molecule has 0 spiro atoms. The summed E-state index contributed by atoms with van der Waals surface area (Å²) in [4.78, 5) is 0. The van der Waals surface area contributed by atoms with Crippen LogP contribution in [0.2, 0.25) is 0 Å². The van der Waals surface area contributed by atoms with Crippen molar-refractivity contribution in [3.8, 4) is 0 Å². The van der Waals surface area contributed by atoms with Crippen molar-refractivity contribution in [3.05, 3.63) is 20.0 Å². The molecule has 0 aromatic rings. The van der Waals surface area contributed by atoms with Crippen LogP contribution in [0.4, 0.5) is 0 Å². The Labute approximate surface area is 131 Å². The normalized spacial score (nSPS) is 20.1. The van der Waals surface area contributed by atoms with Gasteiger partial charge in [-0.05, 0) is 0 Å². The molecule has 1 rings (SSSR count). The van der Waals surface area contributed by atoms with Crippen LogP contribution in [-0.4, -0.2) is 50.9 Å². The van der Waals surface area contributed by atoms with Crippen molar-refractivity contribution in [1.29, 1.82) is 0 Å². The van der Waals surface area contributed by atoms with Crippen molar-refractivity contribution in [2.45, 2.75) is 34.6 Å². The van der Waals surface area contributed by atoms with Gasteiger partial charge in [-0.3, -0.25) is 0 Å². The number of rotatable bonds is 4. The minimum atomic E-state index is -3.13. The Morgan fingerprint density at radius 3 is 1.25 bits per heavy atom. The number of hydrogen-bond donors (Lipinski definition) is 0. The van der Waals surface area contributed by atoms with Gasteiger partial charge >= 0.3 is 132 Å². The summed E-state index contributed by atoms with van der Waals surface area (Å²) >= 11 is -3.13. The molecule has 4 heteroatoms. The van der Waals surface area contributed by atoms with Gasteiger partial charge in [0.1, 0.15) is 0 Å². The van der Waals surface area contributed by atoms with Gasteiger partial charge in [-0.2, -0.15) is 0 Å². The van der Waals surface area contributed by atoms with Gasteiger partial charge < -0.3 is 0 Å². The quantitative estimate of drug-likeness (QED) is 0.615. The van der Waals surface area contributed by atoms with Crippen molar-refractivity contribution in [3.63, 3.8) is 0 Å². The van der Waals surface area contributed by atoms with Gasteiger partial charge in [-0.1, -0.05) is 0 Å². The molecule has 0 aliphatic heterocycles. The molecule has 20 heavy (non-hydrogen) atoms. The maximum atomic E-state index is 2.54. The van der Waals surface area contributed by atoms with Crippen LogP contribution in [0.5, 0.6) is 0 Å². The van der Waals surface area contributed by atoms with Crippen LogP contribution in [0, 0.1) is 5.41 Å². The Kier molecular flexibility index (Phi) is 5.29. The molecule has 0 saturated heterocycles. The Bertz CT molecular complexity index is 435. The molecule has 1 aliphatic carbocycles. The first-order valence-corrected chi connectivity index (χ1v) is 14.0. The van der Waals surface area contributed by atoms with E-state index >= 15 is 0 Å². The molecule has 0 fully saturated rings.